The fourth-order valence-electron chi connectivity index (χ4n) is 0.539. The van der Waals surface area contributed by atoms with Crippen LogP contribution in [0.1, 0.15) is 6.92 Å². The third-order valence-electron chi connectivity index (χ3n) is 0.969. The molecule has 0 aromatic heterocycles. The second kappa shape index (κ2) is 6.66. The van der Waals surface area contributed by atoms with Crippen molar-refractivity contribution >= 4 is 23.4 Å². The van der Waals surface area contributed by atoms with Crippen molar-refractivity contribution in [1.29, 1.82) is 0 Å². The summed E-state index contributed by atoms with van der Waals surface area (Å²) in [4.78, 5) is 10.1. The first-order chi connectivity index (χ1) is 5.66. The van der Waals surface area contributed by atoms with Crippen LogP contribution in [-0.4, -0.2) is 30.9 Å². The molecule has 0 aliphatic rings. The van der Waals surface area contributed by atoms with Crippen LogP contribution in [0.15, 0.2) is 0 Å². The van der Waals surface area contributed by atoms with Crippen LogP contribution >= 0.6 is 12.2 Å². The molecule has 0 rings (SSSR count). The van der Waals surface area contributed by atoms with Crippen LogP contribution in [0.25, 0.3) is 0 Å². The van der Waals surface area contributed by atoms with Crippen LogP contribution in [0.5, 0.6) is 0 Å². The van der Waals surface area contributed by atoms with Crippen LogP contribution in [0.2, 0.25) is 0 Å². The lowest BCUT2D eigenvalue weighted by Crippen LogP contribution is -2.37. The predicted octanol–water partition coefficient (Wildman–Crippen LogP) is -0.434. The van der Waals surface area contributed by atoms with E-state index in [1.54, 1.807) is 0 Å². The van der Waals surface area contributed by atoms with Gasteiger partial charge in [0.25, 0.3) is 0 Å². The van der Waals surface area contributed by atoms with Gasteiger partial charge in [-0.2, -0.15) is 0 Å². The third-order valence-corrected chi connectivity index (χ3v) is 1.26. The van der Waals surface area contributed by atoms with Crippen molar-refractivity contribution in [3.05, 3.63) is 0 Å². The van der Waals surface area contributed by atoms with Gasteiger partial charge in [0.2, 0.25) is 0 Å². The van der Waals surface area contributed by atoms with Gasteiger partial charge in [0.05, 0.1) is 6.54 Å². The molecule has 6 heteroatoms. The minimum absolute atomic E-state index is 0.223. The van der Waals surface area contributed by atoms with Gasteiger partial charge >= 0.3 is 6.09 Å². The monoisotopic (exact) mass is 191 g/mol. The fraction of sp³-hybridized carbons (Fsp3) is 0.667. The zero-order valence-electron chi connectivity index (χ0n) is 6.92. The van der Waals surface area contributed by atoms with E-state index >= 15 is 0 Å². The van der Waals surface area contributed by atoms with Gasteiger partial charge in [-0.3, -0.25) is 0 Å². The smallest absolute Gasteiger partial charge is 0.404 e. The van der Waals surface area contributed by atoms with E-state index in [2.05, 4.69) is 15.4 Å². The SMILES string of the molecule is CCNC(=S)NCCOC(N)=O. The molecule has 0 aromatic carbocycles. The van der Waals surface area contributed by atoms with E-state index in [0.717, 1.165) is 6.54 Å². The molecule has 4 N–H and O–H groups in total. The largest absolute Gasteiger partial charge is 0.448 e. The second-order valence-electron chi connectivity index (χ2n) is 1.95. The first-order valence-electron chi connectivity index (χ1n) is 3.60. The van der Waals surface area contributed by atoms with Gasteiger partial charge in [-0.15, -0.1) is 0 Å². The number of hydrogen-bond donors (Lipinski definition) is 3. The minimum Gasteiger partial charge on any atom is -0.448 e. The summed E-state index contributed by atoms with van der Waals surface area (Å²) in [6.07, 6.45) is -0.772. The number of amides is 1. The van der Waals surface area contributed by atoms with Crippen molar-refractivity contribution in [3.63, 3.8) is 0 Å². The van der Waals surface area contributed by atoms with Crippen LogP contribution in [0.4, 0.5) is 4.79 Å². The number of nitrogens with one attached hydrogen (secondary N) is 2. The summed E-state index contributed by atoms with van der Waals surface area (Å²) in [5, 5.41) is 6.26. The highest BCUT2D eigenvalue weighted by atomic mass is 32.1. The lowest BCUT2D eigenvalue weighted by molar-refractivity contribution is 0.159. The molecule has 0 heterocycles. The first kappa shape index (κ1) is 11.0. The van der Waals surface area contributed by atoms with E-state index in [1.807, 2.05) is 6.92 Å². The van der Waals surface area contributed by atoms with Gasteiger partial charge in [0.1, 0.15) is 6.61 Å². The summed E-state index contributed by atoms with van der Waals surface area (Å²) in [7, 11) is 0. The third kappa shape index (κ3) is 7.07. The van der Waals surface area contributed by atoms with Gasteiger partial charge in [0, 0.05) is 6.54 Å². The molecule has 0 saturated carbocycles. The van der Waals surface area contributed by atoms with Crippen LogP contribution < -0.4 is 16.4 Å². The molecule has 0 aliphatic carbocycles. The van der Waals surface area contributed by atoms with Crippen molar-refractivity contribution in [3.8, 4) is 0 Å². The number of carbonyl (C=O) groups is 1. The highest BCUT2D eigenvalue weighted by Crippen LogP contribution is 1.72. The van der Waals surface area contributed by atoms with Crippen molar-refractivity contribution in [2.24, 2.45) is 5.73 Å². The summed E-state index contributed by atoms with van der Waals surface area (Å²) < 4.78 is 4.46. The maximum atomic E-state index is 10.1. The van der Waals surface area contributed by atoms with E-state index < -0.39 is 6.09 Å². The summed E-state index contributed by atoms with van der Waals surface area (Å²) in [5.41, 5.74) is 4.73. The molecule has 0 radical (unpaired) electrons. The maximum absolute atomic E-state index is 10.1. The Morgan fingerprint density at radius 1 is 1.58 bits per heavy atom. The summed E-state index contributed by atoms with van der Waals surface area (Å²) in [6.45, 7) is 3.39. The number of thiocarbonyl (C=S) groups is 1. The van der Waals surface area contributed by atoms with Crippen molar-refractivity contribution in [1.82, 2.24) is 10.6 Å². The fourth-order valence-corrected chi connectivity index (χ4v) is 0.786. The van der Waals surface area contributed by atoms with Crippen molar-refractivity contribution < 1.29 is 9.53 Å². The van der Waals surface area contributed by atoms with E-state index in [0.29, 0.717) is 11.7 Å². The second-order valence-corrected chi connectivity index (χ2v) is 2.36. The Kier molecular flexibility index (Phi) is 6.08. The van der Waals surface area contributed by atoms with Gasteiger partial charge in [-0.25, -0.2) is 4.79 Å². The number of ether oxygens (including phenoxy) is 1. The molecule has 70 valence electrons. The molecular formula is C6H13N3O2S. The molecule has 12 heavy (non-hydrogen) atoms. The van der Waals surface area contributed by atoms with Gasteiger partial charge in [-0.1, -0.05) is 0 Å². The minimum atomic E-state index is -0.772. The number of primary amides is 1. The number of hydrogen-bond acceptors (Lipinski definition) is 3. The first-order valence-corrected chi connectivity index (χ1v) is 4.01. The Morgan fingerprint density at radius 3 is 2.75 bits per heavy atom. The van der Waals surface area contributed by atoms with Gasteiger partial charge in [0.15, 0.2) is 5.11 Å². The summed E-state index contributed by atoms with van der Waals surface area (Å²) in [6, 6.07) is 0. The van der Waals surface area contributed by atoms with Crippen molar-refractivity contribution in [2.45, 2.75) is 6.92 Å². The average molecular weight is 191 g/mol. The van der Waals surface area contributed by atoms with Crippen LogP contribution in [-0.2, 0) is 4.74 Å². The van der Waals surface area contributed by atoms with E-state index in [4.69, 9.17) is 18.0 Å². The lowest BCUT2D eigenvalue weighted by Gasteiger charge is -2.07. The van der Waals surface area contributed by atoms with Gasteiger partial charge < -0.3 is 21.1 Å². The quantitative estimate of drug-likeness (QED) is 0.415. The number of nitrogens with two attached hydrogens (primary N) is 1. The van der Waals surface area contributed by atoms with E-state index in [9.17, 15) is 4.79 Å². The standard InChI is InChI=1S/C6H13N3O2S/c1-2-8-6(12)9-3-4-11-5(7)10/h2-4H2,1H3,(H2,7,10)(H2,8,9,12). The highest BCUT2D eigenvalue weighted by Gasteiger charge is 1.94. The highest BCUT2D eigenvalue weighted by molar-refractivity contribution is 7.80. The predicted molar refractivity (Wildman–Crippen MR) is 49.8 cm³/mol. The molecule has 1 amide bonds. The number of rotatable bonds is 4. The topological polar surface area (TPSA) is 76.4 Å². The molecule has 5 nitrogen and oxygen atoms in total. The molecular weight excluding hydrogens is 178 g/mol. The average Bonchev–Trinajstić information content (AvgIpc) is 1.98. The summed E-state index contributed by atoms with van der Waals surface area (Å²) in [5.74, 6) is 0. The molecule has 0 spiro atoms. The Labute approximate surface area is 76.6 Å². The Bertz CT molecular complexity index is 163. The Hall–Kier alpha value is -1.04. The van der Waals surface area contributed by atoms with E-state index in [1.165, 1.54) is 0 Å². The van der Waals surface area contributed by atoms with E-state index in [-0.39, 0.29) is 6.61 Å². The Morgan fingerprint density at radius 2 is 2.25 bits per heavy atom. The lowest BCUT2D eigenvalue weighted by atomic mass is 10.6. The Balaban J connectivity index is 3.19. The normalized spacial score (nSPS) is 8.75. The maximum Gasteiger partial charge on any atom is 0.404 e. The molecule has 0 atom stereocenters. The van der Waals surface area contributed by atoms with Crippen LogP contribution in [0.3, 0.4) is 0 Å². The molecule has 0 saturated heterocycles. The molecule has 0 bridgehead atoms. The molecule has 0 fully saturated rings. The van der Waals surface area contributed by atoms with Gasteiger partial charge in [-0.05, 0) is 19.1 Å². The molecule has 0 aliphatic heterocycles. The zero-order chi connectivity index (χ0) is 9.40. The summed E-state index contributed by atoms with van der Waals surface area (Å²) >= 11 is 4.84. The molecule has 0 unspecified atom stereocenters. The number of carbonyl (C=O) groups excluding carboxylic acids is 1. The zero-order valence-corrected chi connectivity index (χ0v) is 7.74. The molecule has 0 aromatic rings. The van der Waals surface area contributed by atoms with Crippen LogP contribution in [0, 0.1) is 0 Å². The van der Waals surface area contributed by atoms with Crippen molar-refractivity contribution in [2.75, 3.05) is 19.7 Å².